The first-order valence-electron chi connectivity index (χ1n) is 18.4. The van der Waals surface area contributed by atoms with Gasteiger partial charge in [-0.3, -0.25) is 28.9 Å². The Morgan fingerprint density at radius 3 is 1.47 bits per heavy atom. The van der Waals surface area contributed by atoms with Crippen LogP contribution in [0.1, 0.15) is 87.5 Å². The van der Waals surface area contributed by atoms with E-state index in [9.17, 15) is 24.0 Å². The predicted molar refractivity (Wildman–Crippen MR) is 194 cm³/mol. The van der Waals surface area contributed by atoms with Crippen LogP contribution in [-0.4, -0.2) is 152 Å². The van der Waals surface area contributed by atoms with Gasteiger partial charge in [0.25, 0.3) is 17.7 Å². The topological polar surface area (TPSA) is 248 Å². The number of nitrogens with zero attached hydrogens (tertiary/aromatic N) is 2. The number of amides is 5. The second-order valence-corrected chi connectivity index (χ2v) is 15.2. The molecule has 0 bridgehead atoms. The fourth-order valence-electron chi connectivity index (χ4n) is 5.45. The molecule has 6 aliphatic heterocycles. The van der Waals surface area contributed by atoms with Gasteiger partial charge >= 0.3 is 12.2 Å². The van der Waals surface area contributed by atoms with Gasteiger partial charge in [-0.25, -0.2) is 25.2 Å². The van der Waals surface area contributed by atoms with Crippen LogP contribution in [0, 0.1) is 0 Å². The SMILES string of the molecule is C.CC(C)(C)OC(=O)N[C@@H]1CON(C2CCOCC2)C1=O.CC(C)(C)OC(=O)N[C@@H]1CONC1=O.N[C@@H]1CON(C2CCOCC2)C1=O.OC1CCOCC1. The van der Waals surface area contributed by atoms with Crippen molar-refractivity contribution >= 4 is 29.9 Å². The maximum Gasteiger partial charge on any atom is 0.408 e. The molecule has 0 radical (unpaired) electrons. The van der Waals surface area contributed by atoms with Crippen LogP contribution in [0.5, 0.6) is 0 Å². The van der Waals surface area contributed by atoms with Crippen molar-refractivity contribution in [2.24, 2.45) is 5.73 Å². The zero-order valence-corrected chi connectivity index (χ0v) is 32.3. The molecule has 0 aromatic rings. The number of nitrogens with two attached hydrogens (primary N) is 1. The molecular formula is C35H64N6O14. The summed E-state index contributed by atoms with van der Waals surface area (Å²) in [5.41, 5.74) is 6.50. The van der Waals surface area contributed by atoms with E-state index >= 15 is 0 Å². The number of hydroxylamine groups is 5. The molecular weight excluding hydrogens is 728 g/mol. The van der Waals surface area contributed by atoms with Gasteiger partial charge in [0.05, 0.1) is 24.8 Å². The molecule has 0 spiro atoms. The monoisotopic (exact) mass is 792 g/mol. The van der Waals surface area contributed by atoms with Crippen LogP contribution in [0.25, 0.3) is 0 Å². The van der Waals surface area contributed by atoms with Crippen LogP contribution in [0.4, 0.5) is 9.59 Å². The maximum atomic E-state index is 12.2. The molecule has 6 fully saturated rings. The number of ether oxygens (including phenoxy) is 5. The van der Waals surface area contributed by atoms with Gasteiger partial charge in [-0.05, 0) is 80.1 Å². The van der Waals surface area contributed by atoms with E-state index < -0.39 is 41.5 Å². The fourth-order valence-corrected chi connectivity index (χ4v) is 5.45. The van der Waals surface area contributed by atoms with Crippen LogP contribution >= 0.6 is 0 Å². The molecule has 6 aliphatic rings. The minimum Gasteiger partial charge on any atom is -0.444 e. The van der Waals surface area contributed by atoms with Gasteiger partial charge < -0.3 is 45.2 Å². The molecule has 3 atom stereocenters. The minimum atomic E-state index is -0.673. The second-order valence-electron chi connectivity index (χ2n) is 15.2. The van der Waals surface area contributed by atoms with Crippen molar-refractivity contribution < 1.29 is 67.3 Å². The molecule has 6 saturated heterocycles. The Kier molecular flexibility index (Phi) is 20.0. The molecule has 0 saturated carbocycles. The standard InChI is InChI=1S/C13H22N2O5.C8H14N2O4.C8H14N2O3.C5H10O2.CH4/c1-13(2,3)20-12(17)14-10-8-19-15(11(10)16)9-4-6-18-7-5-9;1-8(2,3)14-7(12)9-5-4-13-10-6(5)11;9-7-5-13-10(8(7)11)6-1-3-12-4-2-6;6-5-1-3-7-4-2-5;/h9-10H,4-8H2,1-3H3,(H,14,17);5H,4H2,1-3H3,(H,9,12)(H,10,11);6-7H,1-5,9H2;5-6H,1-4H2;1H4/t10-;5-;7-;;/m111../s1. The first kappa shape index (κ1) is 47.8. The van der Waals surface area contributed by atoms with E-state index in [2.05, 4.69) is 21.0 Å². The third kappa shape index (κ3) is 17.5. The quantitative estimate of drug-likeness (QED) is 0.265. The van der Waals surface area contributed by atoms with E-state index in [1.165, 1.54) is 10.1 Å². The average molecular weight is 793 g/mol. The maximum absolute atomic E-state index is 12.2. The van der Waals surface area contributed by atoms with Crippen molar-refractivity contribution in [1.29, 1.82) is 0 Å². The highest BCUT2D eigenvalue weighted by atomic mass is 16.7. The number of hydrogen-bond acceptors (Lipinski definition) is 15. The van der Waals surface area contributed by atoms with Gasteiger partial charge in [0.1, 0.15) is 42.5 Å². The van der Waals surface area contributed by atoms with Gasteiger partial charge in [-0.15, -0.1) is 0 Å². The minimum absolute atomic E-state index is 0. The molecule has 55 heavy (non-hydrogen) atoms. The Morgan fingerprint density at radius 2 is 1.11 bits per heavy atom. The van der Waals surface area contributed by atoms with Crippen LogP contribution in [-0.2, 0) is 52.6 Å². The van der Waals surface area contributed by atoms with E-state index in [1.54, 1.807) is 41.5 Å². The Balaban J connectivity index is 0.000000265. The zero-order valence-electron chi connectivity index (χ0n) is 32.3. The van der Waals surface area contributed by atoms with Crippen LogP contribution < -0.4 is 21.8 Å². The van der Waals surface area contributed by atoms with E-state index in [0.717, 1.165) is 51.7 Å². The number of aliphatic hydroxyl groups excluding tert-OH is 1. The Hall–Kier alpha value is -3.37. The summed E-state index contributed by atoms with van der Waals surface area (Å²) in [5, 5.41) is 16.6. The Morgan fingerprint density at radius 1 is 0.691 bits per heavy atom. The lowest BCUT2D eigenvalue weighted by atomic mass is 10.1. The number of hydrogen-bond donors (Lipinski definition) is 5. The van der Waals surface area contributed by atoms with Crippen LogP contribution in [0.2, 0.25) is 0 Å². The van der Waals surface area contributed by atoms with Crippen molar-refractivity contribution in [3.05, 3.63) is 0 Å². The first-order chi connectivity index (χ1) is 25.4. The highest BCUT2D eigenvalue weighted by Gasteiger charge is 2.40. The molecule has 0 aliphatic carbocycles. The summed E-state index contributed by atoms with van der Waals surface area (Å²) >= 11 is 0. The molecule has 6 N–H and O–H groups in total. The largest absolute Gasteiger partial charge is 0.444 e. The number of carbonyl (C=O) groups excluding carboxylic acids is 5. The first-order valence-corrected chi connectivity index (χ1v) is 18.4. The number of alkyl carbamates (subject to hydrolysis) is 2. The van der Waals surface area contributed by atoms with Crippen molar-refractivity contribution in [2.75, 3.05) is 59.5 Å². The number of nitrogens with one attached hydrogen (secondary N) is 3. The highest BCUT2D eigenvalue weighted by molar-refractivity contribution is 5.87. The summed E-state index contributed by atoms with van der Waals surface area (Å²) in [6.45, 7) is 15.3. The van der Waals surface area contributed by atoms with Crippen molar-refractivity contribution in [2.45, 2.75) is 135 Å². The summed E-state index contributed by atoms with van der Waals surface area (Å²) in [7, 11) is 0. The molecule has 6 rings (SSSR count). The molecule has 20 heteroatoms. The van der Waals surface area contributed by atoms with Gasteiger partial charge in [0.15, 0.2) is 0 Å². The van der Waals surface area contributed by atoms with E-state index in [4.69, 9.17) is 44.2 Å². The molecule has 20 nitrogen and oxygen atoms in total. The lowest BCUT2D eigenvalue weighted by Crippen LogP contribution is -2.47. The number of carbonyl (C=O) groups is 5. The van der Waals surface area contributed by atoms with E-state index in [0.29, 0.717) is 33.0 Å². The molecule has 318 valence electrons. The van der Waals surface area contributed by atoms with Crippen molar-refractivity contribution in [3.63, 3.8) is 0 Å². The Labute approximate surface area is 323 Å². The van der Waals surface area contributed by atoms with Gasteiger partial charge in [0, 0.05) is 39.6 Å². The second kappa shape index (κ2) is 23.0. The normalized spacial score (nSPS) is 25.2. The number of rotatable bonds is 4. The average Bonchev–Trinajstić information content (AvgIpc) is 3.79. The molecule has 0 aromatic heterocycles. The van der Waals surface area contributed by atoms with Gasteiger partial charge in [-0.1, -0.05) is 7.43 Å². The third-order valence-electron chi connectivity index (χ3n) is 8.18. The molecule has 0 aromatic carbocycles. The molecule has 0 unspecified atom stereocenters. The summed E-state index contributed by atoms with van der Waals surface area (Å²) in [6.07, 6.45) is 3.53. The number of aliphatic hydroxyl groups is 1. The lowest BCUT2D eigenvalue weighted by Gasteiger charge is -2.29. The van der Waals surface area contributed by atoms with Crippen molar-refractivity contribution in [1.82, 2.24) is 26.2 Å². The molecule has 5 amide bonds. The van der Waals surface area contributed by atoms with Gasteiger partial charge in [0.2, 0.25) is 0 Å². The Bertz CT molecular complexity index is 1210. The summed E-state index contributed by atoms with van der Waals surface area (Å²) in [6, 6.07) is -1.61. The fraction of sp³-hybridized carbons (Fsp3) is 0.857. The van der Waals surface area contributed by atoms with Gasteiger partial charge in [-0.2, -0.15) is 0 Å². The third-order valence-corrected chi connectivity index (χ3v) is 8.18. The van der Waals surface area contributed by atoms with Crippen molar-refractivity contribution in [3.8, 4) is 0 Å². The molecule has 6 heterocycles. The van der Waals surface area contributed by atoms with E-state index in [1.807, 2.05) is 0 Å². The summed E-state index contributed by atoms with van der Waals surface area (Å²) in [5.74, 6) is -0.675. The highest BCUT2D eigenvalue weighted by Crippen LogP contribution is 2.21. The zero-order chi connectivity index (χ0) is 39.9. The smallest absolute Gasteiger partial charge is 0.408 e. The van der Waals surface area contributed by atoms with Crippen LogP contribution in [0.3, 0.4) is 0 Å². The lowest BCUT2D eigenvalue weighted by molar-refractivity contribution is -0.182. The van der Waals surface area contributed by atoms with E-state index in [-0.39, 0.29) is 56.5 Å². The summed E-state index contributed by atoms with van der Waals surface area (Å²) in [4.78, 5) is 72.7. The summed E-state index contributed by atoms with van der Waals surface area (Å²) < 4.78 is 25.5. The van der Waals surface area contributed by atoms with Crippen LogP contribution in [0.15, 0.2) is 0 Å². The predicted octanol–water partition coefficient (Wildman–Crippen LogP) is 0.834.